The largest absolute Gasteiger partial charge is 0.250 e. The fraction of sp³-hybridized carbons (Fsp3) is 0.0625. The van der Waals surface area contributed by atoms with E-state index in [1.807, 2.05) is 43.3 Å². The van der Waals surface area contributed by atoms with E-state index in [0.29, 0.717) is 26.2 Å². The van der Waals surface area contributed by atoms with Crippen LogP contribution in [0.1, 0.15) is 11.1 Å². The van der Waals surface area contributed by atoms with Crippen LogP contribution in [0.2, 0.25) is 10.0 Å². The van der Waals surface area contributed by atoms with Crippen molar-refractivity contribution in [1.29, 1.82) is 0 Å². The third-order valence-electron chi connectivity index (χ3n) is 3.25. The van der Waals surface area contributed by atoms with E-state index in [1.54, 1.807) is 17.0 Å². The first kappa shape index (κ1) is 15.9. The SMILES string of the molecule is Cc1ccc(-c2n[nH]c(=S)n2/N=C\c2cccc(Cl)c2Cl)cc1. The molecule has 116 valence electrons. The molecular formula is C16H12Cl2N4S. The average Bonchev–Trinajstić information content (AvgIpc) is 2.91. The summed E-state index contributed by atoms with van der Waals surface area (Å²) in [6, 6.07) is 13.3. The summed E-state index contributed by atoms with van der Waals surface area (Å²) in [7, 11) is 0. The van der Waals surface area contributed by atoms with Gasteiger partial charge in [-0.15, -0.1) is 0 Å². The topological polar surface area (TPSA) is 46.0 Å². The predicted molar refractivity (Wildman–Crippen MR) is 97.0 cm³/mol. The van der Waals surface area contributed by atoms with Crippen molar-refractivity contribution in [2.75, 3.05) is 0 Å². The molecule has 0 fully saturated rings. The molecule has 0 unspecified atom stereocenters. The van der Waals surface area contributed by atoms with Gasteiger partial charge in [-0.05, 0) is 25.2 Å². The van der Waals surface area contributed by atoms with Crippen LogP contribution < -0.4 is 0 Å². The highest BCUT2D eigenvalue weighted by atomic mass is 35.5. The number of aromatic nitrogens is 3. The lowest BCUT2D eigenvalue weighted by Crippen LogP contribution is -1.95. The molecule has 1 heterocycles. The first-order chi connectivity index (χ1) is 11.1. The highest BCUT2D eigenvalue weighted by Crippen LogP contribution is 2.24. The molecule has 0 bridgehead atoms. The molecule has 3 aromatic rings. The molecule has 0 amide bonds. The van der Waals surface area contributed by atoms with E-state index in [0.717, 1.165) is 5.56 Å². The molecule has 23 heavy (non-hydrogen) atoms. The molecule has 0 atom stereocenters. The molecule has 1 N–H and O–H groups in total. The van der Waals surface area contributed by atoms with Gasteiger partial charge in [0.2, 0.25) is 4.77 Å². The fourth-order valence-electron chi connectivity index (χ4n) is 2.03. The Morgan fingerprint density at radius 3 is 2.65 bits per heavy atom. The normalized spacial score (nSPS) is 11.3. The zero-order valence-electron chi connectivity index (χ0n) is 12.1. The van der Waals surface area contributed by atoms with Crippen molar-refractivity contribution in [1.82, 2.24) is 14.9 Å². The Hall–Kier alpha value is -1.95. The molecule has 0 saturated carbocycles. The van der Waals surface area contributed by atoms with Crippen LogP contribution in [0.3, 0.4) is 0 Å². The van der Waals surface area contributed by atoms with Gasteiger partial charge in [0, 0.05) is 11.1 Å². The molecule has 0 aliphatic carbocycles. The van der Waals surface area contributed by atoms with E-state index in [1.165, 1.54) is 5.56 Å². The lowest BCUT2D eigenvalue weighted by atomic mass is 10.1. The lowest BCUT2D eigenvalue weighted by molar-refractivity contribution is 0.871. The summed E-state index contributed by atoms with van der Waals surface area (Å²) < 4.78 is 1.95. The Morgan fingerprint density at radius 1 is 1.17 bits per heavy atom. The first-order valence-electron chi connectivity index (χ1n) is 6.79. The number of hydrogen-bond donors (Lipinski definition) is 1. The third-order valence-corrected chi connectivity index (χ3v) is 4.35. The second-order valence-electron chi connectivity index (χ2n) is 4.92. The molecule has 0 aliphatic heterocycles. The molecule has 0 saturated heterocycles. The molecule has 2 aromatic carbocycles. The standard InChI is InChI=1S/C16H12Cl2N4S/c1-10-5-7-11(8-6-10)15-20-21-16(23)22(15)19-9-12-3-2-4-13(17)14(12)18/h2-9H,1H3,(H,21,23)/b19-9-. The average molecular weight is 363 g/mol. The van der Waals surface area contributed by atoms with Crippen molar-refractivity contribution in [2.45, 2.75) is 6.92 Å². The van der Waals surface area contributed by atoms with Crippen LogP contribution in [0.15, 0.2) is 47.6 Å². The van der Waals surface area contributed by atoms with Crippen molar-refractivity contribution in [3.8, 4) is 11.4 Å². The number of aromatic amines is 1. The van der Waals surface area contributed by atoms with Gasteiger partial charge in [-0.3, -0.25) is 0 Å². The van der Waals surface area contributed by atoms with Gasteiger partial charge in [-0.25, -0.2) is 5.10 Å². The minimum absolute atomic E-state index is 0.398. The minimum Gasteiger partial charge on any atom is -0.250 e. The zero-order valence-corrected chi connectivity index (χ0v) is 14.5. The van der Waals surface area contributed by atoms with Crippen LogP contribution in [-0.2, 0) is 0 Å². The molecule has 0 radical (unpaired) electrons. The fourth-order valence-corrected chi connectivity index (χ4v) is 2.56. The van der Waals surface area contributed by atoms with Crippen LogP contribution >= 0.6 is 35.4 Å². The first-order valence-corrected chi connectivity index (χ1v) is 7.95. The Labute approximate surface area is 148 Å². The van der Waals surface area contributed by atoms with Crippen LogP contribution in [-0.4, -0.2) is 21.1 Å². The van der Waals surface area contributed by atoms with Gasteiger partial charge in [0.1, 0.15) is 0 Å². The van der Waals surface area contributed by atoms with Gasteiger partial charge in [-0.2, -0.15) is 14.9 Å². The predicted octanol–water partition coefficient (Wildman–Crippen LogP) is 5.11. The monoisotopic (exact) mass is 362 g/mol. The number of hydrogen-bond acceptors (Lipinski definition) is 3. The van der Waals surface area contributed by atoms with Gasteiger partial charge in [0.05, 0.1) is 16.3 Å². The lowest BCUT2D eigenvalue weighted by Gasteiger charge is -2.03. The van der Waals surface area contributed by atoms with Gasteiger partial charge in [0.15, 0.2) is 5.82 Å². The van der Waals surface area contributed by atoms with Crippen molar-refractivity contribution in [2.24, 2.45) is 5.10 Å². The van der Waals surface area contributed by atoms with Crippen molar-refractivity contribution in [3.63, 3.8) is 0 Å². The second kappa shape index (κ2) is 6.66. The zero-order chi connectivity index (χ0) is 16.4. The van der Waals surface area contributed by atoms with E-state index < -0.39 is 0 Å². The number of aryl methyl sites for hydroxylation is 1. The van der Waals surface area contributed by atoms with E-state index in [4.69, 9.17) is 35.4 Å². The van der Waals surface area contributed by atoms with Crippen LogP contribution in [0.25, 0.3) is 11.4 Å². The molecule has 1 aromatic heterocycles. The molecular weight excluding hydrogens is 351 g/mol. The Morgan fingerprint density at radius 2 is 1.91 bits per heavy atom. The summed E-state index contributed by atoms with van der Waals surface area (Å²) >= 11 is 17.4. The van der Waals surface area contributed by atoms with Crippen molar-refractivity contribution >= 4 is 41.6 Å². The van der Waals surface area contributed by atoms with Gasteiger partial charge < -0.3 is 0 Å². The Kier molecular flexibility index (Phi) is 4.61. The van der Waals surface area contributed by atoms with E-state index in [-0.39, 0.29) is 0 Å². The highest BCUT2D eigenvalue weighted by Gasteiger charge is 2.08. The Bertz CT molecular complexity index is 926. The summed E-state index contributed by atoms with van der Waals surface area (Å²) in [6.07, 6.45) is 1.61. The molecule has 4 nitrogen and oxygen atoms in total. The summed E-state index contributed by atoms with van der Waals surface area (Å²) in [4.78, 5) is 0. The number of benzene rings is 2. The second-order valence-corrected chi connectivity index (χ2v) is 6.09. The number of rotatable bonds is 3. The molecule has 0 aliphatic rings. The maximum atomic E-state index is 6.17. The maximum Gasteiger partial charge on any atom is 0.216 e. The van der Waals surface area contributed by atoms with Gasteiger partial charge >= 0.3 is 0 Å². The van der Waals surface area contributed by atoms with Gasteiger partial charge in [0.25, 0.3) is 0 Å². The minimum atomic E-state index is 0.398. The van der Waals surface area contributed by atoms with Crippen molar-refractivity contribution in [3.05, 3.63) is 68.4 Å². The summed E-state index contributed by atoms with van der Waals surface area (Å²) in [5.41, 5.74) is 2.79. The van der Waals surface area contributed by atoms with Crippen molar-refractivity contribution < 1.29 is 0 Å². The quantitative estimate of drug-likeness (QED) is 0.520. The van der Waals surface area contributed by atoms with Crippen LogP contribution in [0.4, 0.5) is 0 Å². The van der Waals surface area contributed by atoms with Crippen LogP contribution in [0.5, 0.6) is 0 Å². The number of H-pyrrole nitrogens is 1. The number of halogens is 2. The van der Waals surface area contributed by atoms with E-state index in [2.05, 4.69) is 15.3 Å². The van der Waals surface area contributed by atoms with E-state index in [9.17, 15) is 0 Å². The van der Waals surface area contributed by atoms with E-state index >= 15 is 0 Å². The number of nitrogens with one attached hydrogen (secondary N) is 1. The Balaban J connectivity index is 2.02. The smallest absolute Gasteiger partial charge is 0.216 e. The van der Waals surface area contributed by atoms with Crippen LogP contribution in [0, 0.1) is 11.7 Å². The molecule has 3 rings (SSSR count). The molecule has 7 heteroatoms. The third kappa shape index (κ3) is 3.37. The summed E-state index contributed by atoms with van der Waals surface area (Å²) in [5.74, 6) is 0.629. The number of nitrogens with zero attached hydrogens (tertiary/aromatic N) is 3. The summed E-state index contributed by atoms with van der Waals surface area (Å²) in [5, 5.41) is 12.3. The molecule has 0 spiro atoms. The summed E-state index contributed by atoms with van der Waals surface area (Å²) in [6.45, 7) is 2.03. The van der Waals surface area contributed by atoms with Gasteiger partial charge in [-0.1, -0.05) is 65.2 Å². The highest BCUT2D eigenvalue weighted by molar-refractivity contribution is 7.71. The maximum absolute atomic E-state index is 6.17.